The molecule has 7 heteroatoms. The standard InChI is InChI=1S/C9H8N4O2S/c10-11-8(14)5-4-6(12-13-9(5)15)7-2-1-3-16-7/h1-4H,10H2,(H,11,14)(H,13,15). The van der Waals surface area contributed by atoms with Gasteiger partial charge in [-0.15, -0.1) is 11.3 Å². The number of nitrogens with one attached hydrogen (secondary N) is 2. The molecule has 1 amide bonds. The fraction of sp³-hybridized carbons (Fsp3) is 0. The highest BCUT2D eigenvalue weighted by Gasteiger charge is 2.11. The van der Waals surface area contributed by atoms with E-state index in [9.17, 15) is 9.59 Å². The maximum Gasteiger partial charge on any atom is 0.277 e. The molecular formula is C9H8N4O2S. The molecule has 0 aromatic carbocycles. The van der Waals surface area contributed by atoms with E-state index < -0.39 is 11.5 Å². The molecule has 6 nitrogen and oxygen atoms in total. The Hall–Kier alpha value is -1.99. The summed E-state index contributed by atoms with van der Waals surface area (Å²) < 4.78 is 0. The monoisotopic (exact) mass is 236 g/mol. The molecule has 2 heterocycles. The number of rotatable bonds is 2. The van der Waals surface area contributed by atoms with Crippen LogP contribution in [0.25, 0.3) is 10.6 Å². The number of aromatic amines is 1. The van der Waals surface area contributed by atoms with Gasteiger partial charge in [0, 0.05) is 0 Å². The van der Waals surface area contributed by atoms with E-state index >= 15 is 0 Å². The van der Waals surface area contributed by atoms with Crippen LogP contribution in [0.3, 0.4) is 0 Å². The number of nitrogens with zero attached hydrogens (tertiary/aromatic N) is 1. The maximum absolute atomic E-state index is 11.3. The predicted molar refractivity (Wildman–Crippen MR) is 59.8 cm³/mol. The lowest BCUT2D eigenvalue weighted by molar-refractivity contribution is 0.0952. The summed E-state index contributed by atoms with van der Waals surface area (Å²) in [6.45, 7) is 0. The smallest absolute Gasteiger partial charge is 0.277 e. The minimum Gasteiger partial charge on any atom is -0.290 e. The quantitative estimate of drug-likeness (QED) is 0.391. The summed E-state index contributed by atoms with van der Waals surface area (Å²) in [6.07, 6.45) is 0. The van der Waals surface area contributed by atoms with Crippen LogP contribution in [0, 0.1) is 0 Å². The second kappa shape index (κ2) is 4.25. The van der Waals surface area contributed by atoms with Crippen molar-refractivity contribution < 1.29 is 4.79 Å². The summed E-state index contributed by atoms with van der Waals surface area (Å²) in [5.74, 6) is 4.33. The Labute approximate surface area is 94.1 Å². The first-order valence-corrected chi connectivity index (χ1v) is 5.25. The first-order chi connectivity index (χ1) is 7.72. The van der Waals surface area contributed by atoms with Crippen molar-refractivity contribution in [2.24, 2.45) is 5.84 Å². The summed E-state index contributed by atoms with van der Waals surface area (Å²) in [4.78, 5) is 23.4. The molecule has 0 unspecified atom stereocenters. The van der Waals surface area contributed by atoms with Gasteiger partial charge in [-0.1, -0.05) is 6.07 Å². The molecule has 0 spiro atoms. The molecule has 0 saturated heterocycles. The number of nitrogens with two attached hydrogens (primary N) is 1. The molecule has 0 saturated carbocycles. The fourth-order valence-electron chi connectivity index (χ4n) is 1.20. The van der Waals surface area contributed by atoms with Gasteiger partial charge in [0.25, 0.3) is 11.5 Å². The van der Waals surface area contributed by atoms with E-state index in [1.165, 1.54) is 17.4 Å². The van der Waals surface area contributed by atoms with Crippen molar-refractivity contribution in [1.82, 2.24) is 15.6 Å². The van der Waals surface area contributed by atoms with Gasteiger partial charge >= 0.3 is 0 Å². The molecule has 2 rings (SSSR count). The van der Waals surface area contributed by atoms with Crippen molar-refractivity contribution in [1.29, 1.82) is 0 Å². The normalized spacial score (nSPS) is 10.1. The summed E-state index contributed by atoms with van der Waals surface area (Å²) >= 11 is 1.46. The second-order valence-electron chi connectivity index (χ2n) is 2.95. The molecule has 0 bridgehead atoms. The fourth-order valence-corrected chi connectivity index (χ4v) is 1.89. The molecule has 0 aliphatic carbocycles. The maximum atomic E-state index is 11.3. The van der Waals surface area contributed by atoms with Gasteiger partial charge in [-0.05, 0) is 17.5 Å². The average Bonchev–Trinajstić information content (AvgIpc) is 2.82. The zero-order chi connectivity index (χ0) is 11.5. The first-order valence-electron chi connectivity index (χ1n) is 4.37. The number of carbonyl (C=O) groups is 1. The number of amides is 1. The number of aromatic nitrogens is 2. The zero-order valence-electron chi connectivity index (χ0n) is 8.06. The van der Waals surface area contributed by atoms with Gasteiger partial charge in [0.2, 0.25) is 0 Å². The van der Waals surface area contributed by atoms with Gasteiger partial charge in [0.1, 0.15) is 11.3 Å². The lowest BCUT2D eigenvalue weighted by atomic mass is 10.2. The highest BCUT2D eigenvalue weighted by molar-refractivity contribution is 7.13. The highest BCUT2D eigenvalue weighted by Crippen LogP contribution is 2.21. The minimum absolute atomic E-state index is 0.0547. The van der Waals surface area contributed by atoms with Gasteiger partial charge in [0.05, 0.1) is 4.88 Å². The number of hydrazine groups is 1. The Kier molecular flexibility index (Phi) is 2.80. The molecule has 0 atom stereocenters. The Bertz CT molecular complexity index is 561. The second-order valence-corrected chi connectivity index (χ2v) is 3.89. The van der Waals surface area contributed by atoms with Crippen LogP contribution in [0.5, 0.6) is 0 Å². The number of hydrogen-bond acceptors (Lipinski definition) is 5. The summed E-state index contributed by atoms with van der Waals surface area (Å²) in [5.41, 5.74) is 1.83. The number of nitrogen functional groups attached to an aromatic ring is 1. The molecule has 2 aromatic heterocycles. The highest BCUT2D eigenvalue weighted by atomic mass is 32.1. The third kappa shape index (κ3) is 1.86. The number of H-pyrrole nitrogens is 1. The Morgan fingerprint density at radius 1 is 1.56 bits per heavy atom. The van der Waals surface area contributed by atoms with E-state index in [-0.39, 0.29) is 5.56 Å². The van der Waals surface area contributed by atoms with Crippen LogP contribution in [0.4, 0.5) is 0 Å². The van der Waals surface area contributed by atoms with Gasteiger partial charge in [-0.25, -0.2) is 10.9 Å². The van der Waals surface area contributed by atoms with Crippen LogP contribution >= 0.6 is 11.3 Å². The van der Waals surface area contributed by atoms with E-state index in [0.717, 1.165) is 4.88 Å². The lowest BCUT2D eigenvalue weighted by Crippen LogP contribution is -2.34. The molecule has 0 aliphatic heterocycles. The first kappa shape index (κ1) is 10.5. The van der Waals surface area contributed by atoms with Gasteiger partial charge in [-0.2, -0.15) is 5.10 Å². The molecule has 0 aliphatic rings. The Morgan fingerprint density at radius 3 is 3.00 bits per heavy atom. The Morgan fingerprint density at radius 2 is 2.38 bits per heavy atom. The Balaban J connectivity index is 2.52. The van der Waals surface area contributed by atoms with Crippen LogP contribution in [0.2, 0.25) is 0 Å². The van der Waals surface area contributed by atoms with Crippen molar-refractivity contribution in [3.8, 4) is 10.6 Å². The third-order valence-electron chi connectivity index (χ3n) is 1.95. The van der Waals surface area contributed by atoms with E-state index in [2.05, 4.69) is 10.2 Å². The van der Waals surface area contributed by atoms with Crippen LogP contribution in [0.1, 0.15) is 10.4 Å². The average molecular weight is 236 g/mol. The molecule has 16 heavy (non-hydrogen) atoms. The lowest BCUT2D eigenvalue weighted by Gasteiger charge is -2.00. The number of thiophene rings is 1. The van der Waals surface area contributed by atoms with E-state index in [1.54, 1.807) is 0 Å². The van der Waals surface area contributed by atoms with Gasteiger partial charge < -0.3 is 0 Å². The summed E-state index contributed by atoms with van der Waals surface area (Å²) in [5, 5.41) is 7.99. The van der Waals surface area contributed by atoms with Gasteiger partial charge in [0.15, 0.2) is 0 Å². The predicted octanol–water partition coefficient (Wildman–Crippen LogP) is 0.102. The van der Waals surface area contributed by atoms with Crippen molar-refractivity contribution >= 4 is 17.2 Å². The summed E-state index contributed by atoms with van der Waals surface area (Å²) in [6, 6.07) is 5.11. The van der Waals surface area contributed by atoms with Crippen LogP contribution < -0.4 is 16.8 Å². The van der Waals surface area contributed by atoms with Gasteiger partial charge in [-0.3, -0.25) is 15.0 Å². The van der Waals surface area contributed by atoms with Crippen molar-refractivity contribution in [2.75, 3.05) is 0 Å². The van der Waals surface area contributed by atoms with E-state index in [4.69, 9.17) is 5.84 Å². The molecule has 0 fully saturated rings. The third-order valence-corrected chi connectivity index (χ3v) is 2.85. The van der Waals surface area contributed by atoms with E-state index in [1.807, 2.05) is 22.9 Å². The largest absolute Gasteiger partial charge is 0.290 e. The van der Waals surface area contributed by atoms with Crippen LogP contribution in [0.15, 0.2) is 28.4 Å². The molecule has 0 radical (unpaired) electrons. The topological polar surface area (TPSA) is 101 Å². The molecule has 2 aromatic rings. The molecular weight excluding hydrogens is 228 g/mol. The summed E-state index contributed by atoms with van der Waals surface area (Å²) in [7, 11) is 0. The van der Waals surface area contributed by atoms with Crippen molar-refractivity contribution in [3.05, 3.63) is 39.5 Å². The van der Waals surface area contributed by atoms with E-state index in [0.29, 0.717) is 5.69 Å². The molecule has 4 N–H and O–H groups in total. The molecule has 82 valence electrons. The minimum atomic E-state index is -0.638. The van der Waals surface area contributed by atoms with Crippen LogP contribution in [-0.4, -0.2) is 16.1 Å². The van der Waals surface area contributed by atoms with Crippen molar-refractivity contribution in [2.45, 2.75) is 0 Å². The van der Waals surface area contributed by atoms with Crippen molar-refractivity contribution in [3.63, 3.8) is 0 Å². The van der Waals surface area contributed by atoms with Crippen LogP contribution in [-0.2, 0) is 0 Å². The SMILES string of the molecule is NNC(=O)c1cc(-c2cccs2)n[nH]c1=O. The number of carbonyl (C=O) groups excluding carboxylic acids is 1. The number of hydrogen-bond donors (Lipinski definition) is 3. The zero-order valence-corrected chi connectivity index (χ0v) is 8.88.